The lowest BCUT2D eigenvalue weighted by atomic mass is 10.4. The molecule has 2 fully saturated rings. The standard InChI is InChI=1S/C18H23ClN6O3S/c19-14-5-1-2-6-15(14)29(26,27)20-13-16-21-17(24-7-3-4-8-24)23-18(22-16)25-9-11-28-12-10-25/h1-2,5-6,20H,3-4,7-13H2. The van der Waals surface area contributed by atoms with Crippen LogP contribution >= 0.6 is 11.6 Å². The van der Waals surface area contributed by atoms with Crippen molar-refractivity contribution < 1.29 is 13.2 Å². The van der Waals surface area contributed by atoms with Gasteiger partial charge >= 0.3 is 0 Å². The second-order valence-electron chi connectivity index (χ2n) is 6.90. The molecule has 0 amide bonds. The summed E-state index contributed by atoms with van der Waals surface area (Å²) in [6, 6.07) is 6.32. The predicted octanol–water partition coefficient (Wildman–Crippen LogP) is 1.44. The number of aromatic nitrogens is 3. The van der Waals surface area contributed by atoms with Gasteiger partial charge in [-0.25, -0.2) is 13.1 Å². The summed E-state index contributed by atoms with van der Waals surface area (Å²) in [5, 5.41) is 0.169. The third kappa shape index (κ3) is 4.77. The van der Waals surface area contributed by atoms with Crippen LogP contribution in [0.5, 0.6) is 0 Å². The molecule has 1 aromatic carbocycles. The van der Waals surface area contributed by atoms with Gasteiger partial charge in [-0.15, -0.1) is 0 Å². The number of rotatable bonds is 6. The monoisotopic (exact) mass is 438 g/mol. The predicted molar refractivity (Wildman–Crippen MR) is 110 cm³/mol. The van der Waals surface area contributed by atoms with E-state index in [1.54, 1.807) is 18.2 Å². The normalized spacial score (nSPS) is 17.7. The lowest BCUT2D eigenvalue weighted by Gasteiger charge is -2.28. The third-order valence-electron chi connectivity index (χ3n) is 4.89. The summed E-state index contributed by atoms with van der Waals surface area (Å²) >= 11 is 6.04. The van der Waals surface area contributed by atoms with Gasteiger partial charge in [-0.2, -0.15) is 15.0 Å². The van der Waals surface area contributed by atoms with Crippen LogP contribution in [0.2, 0.25) is 5.02 Å². The Balaban J connectivity index is 1.58. The van der Waals surface area contributed by atoms with Crippen LogP contribution in [-0.2, 0) is 21.3 Å². The number of nitrogens with one attached hydrogen (secondary N) is 1. The van der Waals surface area contributed by atoms with Crippen LogP contribution in [0.4, 0.5) is 11.9 Å². The minimum Gasteiger partial charge on any atom is -0.378 e. The molecule has 0 unspecified atom stereocenters. The van der Waals surface area contributed by atoms with Crippen molar-refractivity contribution in [3.05, 3.63) is 35.1 Å². The van der Waals surface area contributed by atoms with Crippen LogP contribution in [0.1, 0.15) is 18.7 Å². The highest BCUT2D eigenvalue weighted by Gasteiger charge is 2.23. The zero-order valence-electron chi connectivity index (χ0n) is 15.9. The van der Waals surface area contributed by atoms with Gasteiger partial charge < -0.3 is 14.5 Å². The number of hydrogen-bond acceptors (Lipinski definition) is 8. The Hall–Kier alpha value is -2.01. The van der Waals surface area contributed by atoms with E-state index in [9.17, 15) is 8.42 Å². The van der Waals surface area contributed by atoms with E-state index in [4.69, 9.17) is 16.3 Å². The molecule has 11 heteroatoms. The average Bonchev–Trinajstić information content (AvgIpc) is 3.28. The van der Waals surface area contributed by atoms with Crippen molar-refractivity contribution in [2.75, 3.05) is 49.2 Å². The highest BCUT2D eigenvalue weighted by Crippen LogP contribution is 2.22. The summed E-state index contributed by atoms with van der Waals surface area (Å²) in [7, 11) is -3.79. The molecule has 2 aliphatic rings. The van der Waals surface area contributed by atoms with Gasteiger partial charge in [0.25, 0.3) is 0 Å². The lowest BCUT2D eigenvalue weighted by molar-refractivity contribution is 0.122. The zero-order valence-corrected chi connectivity index (χ0v) is 17.5. The maximum Gasteiger partial charge on any atom is 0.242 e. The topological polar surface area (TPSA) is 101 Å². The number of ether oxygens (including phenoxy) is 1. The highest BCUT2D eigenvalue weighted by atomic mass is 35.5. The fraction of sp³-hybridized carbons (Fsp3) is 0.500. The summed E-state index contributed by atoms with van der Waals surface area (Å²) in [5.74, 6) is 1.52. The van der Waals surface area contributed by atoms with E-state index in [0.29, 0.717) is 44.0 Å². The molecule has 1 aromatic heterocycles. The Morgan fingerprint density at radius 3 is 2.24 bits per heavy atom. The largest absolute Gasteiger partial charge is 0.378 e. The van der Waals surface area contributed by atoms with Crippen molar-refractivity contribution in [1.29, 1.82) is 0 Å². The van der Waals surface area contributed by atoms with E-state index in [1.807, 2.05) is 4.90 Å². The second kappa shape index (κ2) is 8.78. The molecular formula is C18H23ClN6O3S. The van der Waals surface area contributed by atoms with E-state index in [1.165, 1.54) is 6.07 Å². The van der Waals surface area contributed by atoms with Gasteiger partial charge in [0.2, 0.25) is 21.9 Å². The smallest absolute Gasteiger partial charge is 0.242 e. The van der Waals surface area contributed by atoms with Crippen LogP contribution < -0.4 is 14.5 Å². The molecule has 0 saturated carbocycles. The van der Waals surface area contributed by atoms with Gasteiger partial charge in [0.15, 0.2) is 5.82 Å². The first-order chi connectivity index (χ1) is 14.0. The Bertz CT molecular complexity index is 962. The Morgan fingerprint density at radius 2 is 1.59 bits per heavy atom. The van der Waals surface area contributed by atoms with Crippen LogP contribution in [0.3, 0.4) is 0 Å². The number of nitrogens with zero attached hydrogens (tertiary/aromatic N) is 5. The number of benzene rings is 1. The number of morpholine rings is 1. The molecule has 1 N–H and O–H groups in total. The van der Waals surface area contributed by atoms with Gasteiger partial charge in [0.05, 0.1) is 24.8 Å². The molecule has 3 heterocycles. The summed E-state index contributed by atoms with van der Waals surface area (Å²) in [6.07, 6.45) is 2.18. The molecule has 4 rings (SSSR count). The molecule has 2 saturated heterocycles. The van der Waals surface area contributed by atoms with Crippen LogP contribution in [0.15, 0.2) is 29.2 Å². The van der Waals surface area contributed by atoms with Crippen molar-refractivity contribution in [2.45, 2.75) is 24.3 Å². The Kier molecular flexibility index (Phi) is 6.14. The molecule has 29 heavy (non-hydrogen) atoms. The average molecular weight is 439 g/mol. The molecule has 2 aromatic rings. The molecule has 0 aliphatic carbocycles. The van der Waals surface area contributed by atoms with Gasteiger partial charge in [-0.1, -0.05) is 23.7 Å². The molecule has 0 bridgehead atoms. The van der Waals surface area contributed by atoms with Gasteiger partial charge in [0.1, 0.15) is 4.90 Å². The molecule has 0 radical (unpaired) electrons. The number of halogens is 1. The highest BCUT2D eigenvalue weighted by molar-refractivity contribution is 7.89. The number of hydrogen-bond donors (Lipinski definition) is 1. The first-order valence-electron chi connectivity index (χ1n) is 9.60. The molecule has 156 valence electrons. The molecule has 2 aliphatic heterocycles. The van der Waals surface area contributed by atoms with Crippen LogP contribution in [0, 0.1) is 0 Å². The van der Waals surface area contributed by atoms with Gasteiger partial charge in [-0.3, -0.25) is 0 Å². The maximum atomic E-state index is 12.6. The zero-order chi connectivity index (χ0) is 20.3. The molecule has 0 spiro atoms. The maximum absolute atomic E-state index is 12.6. The minimum absolute atomic E-state index is 0.0314. The van der Waals surface area contributed by atoms with E-state index < -0.39 is 10.0 Å². The fourth-order valence-corrected chi connectivity index (χ4v) is 4.84. The van der Waals surface area contributed by atoms with Gasteiger partial charge in [-0.05, 0) is 25.0 Å². The minimum atomic E-state index is -3.79. The summed E-state index contributed by atoms with van der Waals surface area (Å²) in [6.45, 7) is 4.32. The van der Waals surface area contributed by atoms with E-state index in [-0.39, 0.29) is 16.5 Å². The van der Waals surface area contributed by atoms with Gasteiger partial charge in [0, 0.05) is 26.2 Å². The van der Waals surface area contributed by atoms with Crippen molar-refractivity contribution in [2.24, 2.45) is 0 Å². The van der Waals surface area contributed by atoms with E-state index >= 15 is 0 Å². The van der Waals surface area contributed by atoms with Crippen LogP contribution in [0.25, 0.3) is 0 Å². The quantitative estimate of drug-likeness (QED) is 0.723. The third-order valence-corrected chi connectivity index (χ3v) is 6.79. The summed E-state index contributed by atoms with van der Waals surface area (Å²) in [4.78, 5) is 17.8. The van der Waals surface area contributed by atoms with Crippen molar-refractivity contribution >= 4 is 33.5 Å². The van der Waals surface area contributed by atoms with Crippen molar-refractivity contribution in [3.63, 3.8) is 0 Å². The van der Waals surface area contributed by atoms with Crippen LogP contribution in [-0.4, -0.2) is 62.8 Å². The Morgan fingerprint density at radius 1 is 0.966 bits per heavy atom. The fourth-order valence-electron chi connectivity index (χ4n) is 3.34. The first kappa shape index (κ1) is 20.3. The van der Waals surface area contributed by atoms with Crippen molar-refractivity contribution in [3.8, 4) is 0 Å². The molecule has 9 nitrogen and oxygen atoms in total. The number of anilines is 2. The second-order valence-corrected chi connectivity index (χ2v) is 9.04. The molecular weight excluding hydrogens is 416 g/mol. The van der Waals surface area contributed by atoms with E-state index in [0.717, 1.165) is 25.9 Å². The summed E-state index contributed by atoms with van der Waals surface area (Å²) in [5.41, 5.74) is 0. The first-order valence-corrected chi connectivity index (χ1v) is 11.5. The Labute approximate surface area is 175 Å². The van der Waals surface area contributed by atoms with Crippen molar-refractivity contribution in [1.82, 2.24) is 19.7 Å². The lowest BCUT2D eigenvalue weighted by Crippen LogP contribution is -2.38. The SMILES string of the molecule is O=S(=O)(NCc1nc(N2CCCC2)nc(N2CCOCC2)n1)c1ccccc1Cl. The summed E-state index contributed by atoms with van der Waals surface area (Å²) < 4.78 is 33.3. The van der Waals surface area contributed by atoms with E-state index in [2.05, 4.69) is 24.6 Å². The number of sulfonamides is 1. The molecule has 0 atom stereocenters.